The topological polar surface area (TPSA) is 15.3 Å². The van der Waals surface area contributed by atoms with Crippen LogP contribution in [0.4, 0.5) is 0 Å². The second-order valence-corrected chi connectivity index (χ2v) is 7.14. The number of hydrogen-bond donors (Lipinski definition) is 1. The molecule has 1 heterocycles. The summed E-state index contributed by atoms with van der Waals surface area (Å²) >= 11 is 12.3. The van der Waals surface area contributed by atoms with Crippen molar-refractivity contribution in [1.29, 1.82) is 0 Å². The normalized spacial score (nSPS) is 21.6. The summed E-state index contributed by atoms with van der Waals surface area (Å²) in [6, 6.07) is 6.21. The first-order valence-electron chi connectivity index (χ1n) is 6.76. The zero-order valence-electron chi connectivity index (χ0n) is 11.8. The first-order valence-corrected chi connectivity index (χ1v) is 7.52. The number of nitrogens with one attached hydrogen (secondary N) is 1. The van der Waals surface area contributed by atoms with Crippen LogP contribution < -0.4 is 5.32 Å². The van der Waals surface area contributed by atoms with Gasteiger partial charge in [-0.2, -0.15) is 0 Å². The molecule has 2 rings (SSSR count). The first-order chi connectivity index (χ1) is 8.88. The Morgan fingerprint density at radius 1 is 1.32 bits per heavy atom. The molecule has 1 atom stereocenters. The molecule has 1 N–H and O–H groups in total. The van der Waals surface area contributed by atoms with Gasteiger partial charge in [-0.05, 0) is 29.2 Å². The molecule has 2 nitrogen and oxygen atoms in total. The van der Waals surface area contributed by atoms with Crippen molar-refractivity contribution < 1.29 is 0 Å². The highest BCUT2D eigenvalue weighted by molar-refractivity contribution is 6.33. The molecule has 1 aromatic rings. The minimum atomic E-state index is 0.248. The molecule has 4 heteroatoms. The molecular formula is C15H22Cl2N2. The summed E-state index contributed by atoms with van der Waals surface area (Å²) < 4.78 is 0. The number of nitrogens with zero attached hydrogens (tertiary/aromatic N) is 1. The van der Waals surface area contributed by atoms with E-state index in [9.17, 15) is 0 Å². The third-order valence-electron chi connectivity index (χ3n) is 3.74. The van der Waals surface area contributed by atoms with Crippen LogP contribution >= 0.6 is 23.2 Å². The molecule has 0 bridgehead atoms. The van der Waals surface area contributed by atoms with E-state index >= 15 is 0 Å². The van der Waals surface area contributed by atoms with Crippen LogP contribution in [0.5, 0.6) is 0 Å². The Morgan fingerprint density at radius 2 is 2.05 bits per heavy atom. The lowest BCUT2D eigenvalue weighted by molar-refractivity contribution is 0.0689. The molecule has 0 saturated carbocycles. The van der Waals surface area contributed by atoms with Crippen molar-refractivity contribution in [3.05, 3.63) is 33.8 Å². The van der Waals surface area contributed by atoms with E-state index in [1.807, 2.05) is 18.2 Å². The van der Waals surface area contributed by atoms with E-state index in [0.717, 1.165) is 41.8 Å². The van der Waals surface area contributed by atoms with E-state index in [-0.39, 0.29) is 5.41 Å². The van der Waals surface area contributed by atoms with Crippen molar-refractivity contribution in [2.75, 3.05) is 19.6 Å². The highest BCUT2D eigenvalue weighted by Gasteiger charge is 2.32. The number of halogens is 2. The maximum Gasteiger partial charge on any atom is 0.0452 e. The van der Waals surface area contributed by atoms with Crippen LogP contribution in [0.3, 0.4) is 0 Å². The molecule has 0 aromatic heterocycles. The largest absolute Gasteiger partial charge is 0.314 e. The van der Waals surface area contributed by atoms with Crippen LogP contribution in [0.1, 0.15) is 26.3 Å². The molecule has 0 radical (unpaired) electrons. The van der Waals surface area contributed by atoms with E-state index in [0.29, 0.717) is 6.04 Å². The molecule has 1 unspecified atom stereocenters. The van der Waals surface area contributed by atoms with Crippen molar-refractivity contribution >= 4 is 23.2 Å². The fourth-order valence-electron chi connectivity index (χ4n) is 2.67. The molecule has 1 aliphatic rings. The maximum atomic E-state index is 6.28. The maximum absolute atomic E-state index is 6.28. The van der Waals surface area contributed by atoms with Gasteiger partial charge in [-0.15, -0.1) is 0 Å². The van der Waals surface area contributed by atoms with Gasteiger partial charge in [0.2, 0.25) is 0 Å². The van der Waals surface area contributed by atoms with Gasteiger partial charge in [0.05, 0.1) is 0 Å². The van der Waals surface area contributed by atoms with Crippen LogP contribution in [0.25, 0.3) is 0 Å². The number of benzene rings is 1. The van der Waals surface area contributed by atoms with Gasteiger partial charge in [-0.1, -0.05) is 44.0 Å². The smallest absolute Gasteiger partial charge is 0.0452 e. The second-order valence-electron chi connectivity index (χ2n) is 6.29. The van der Waals surface area contributed by atoms with Gasteiger partial charge >= 0.3 is 0 Å². The highest BCUT2D eigenvalue weighted by Crippen LogP contribution is 2.29. The summed E-state index contributed by atoms with van der Waals surface area (Å²) in [6.45, 7) is 10.8. The molecule has 1 aromatic carbocycles. The van der Waals surface area contributed by atoms with Crippen molar-refractivity contribution in [3.63, 3.8) is 0 Å². The summed E-state index contributed by atoms with van der Waals surface area (Å²) in [5, 5.41) is 5.04. The molecule has 19 heavy (non-hydrogen) atoms. The van der Waals surface area contributed by atoms with E-state index in [4.69, 9.17) is 23.2 Å². The molecule has 1 fully saturated rings. The summed E-state index contributed by atoms with van der Waals surface area (Å²) in [4.78, 5) is 2.51. The molecule has 0 spiro atoms. The van der Waals surface area contributed by atoms with Crippen LogP contribution in [-0.2, 0) is 6.54 Å². The second kappa shape index (κ2) is 6.01. The third kappa shape index (κ3) is 3.85. The van der Waals surface area contributed by atoms with E-state index < -0.39 is 0 Å². The Balaban J connectivity index is 2.17. The van der Waals surface area contributed by atoms with Gasteiger partial charge in [-0.25, -0.2) is 0 Å². The fourth-order valence-corrected chi connectivity index (χ4v) is 3.04. The SMILES string of the molecule is CC(C)(C)C1CNCCN1Cc1cc(Cl)ccc1Cl. The molecule has 106 valence electrons. The van der Waals surface area contributed by atoms with Crippen molar-refractivity contribution in [1.82, 2.24) is 10.2 Å². The predicted octanol–water partition coefficient (Wildman–Crippen LogP) is 3.81. The minimum Gasteiger partial charge on any atom is -0.314 e. The van der Waals surface area contributed by atoms with Crippen molar-refractivity contribution in [3.8, 4) is 0 Å². The van der Waals surface area contributed by atoms with Gasteiger partial charge in [-0.3, -0.25) is 4.90 Å². The van der Waals surface area contributed by atoms with E-state index in [1.54, 1.807) is 0 Å². The Kier molecular flexibility index (Phi) is 4.78. The Morgan fingerprint density at radius 3 is 2.74 bits per heavy atom. The highest BCUT2D eigenvalue weighted by atomic mass is 35.5. The quantitative estimate of drug-likeness (QED) is 0.893. The predicted molar refractivity (Wildman–Crippen MR) is 83.0 cm³/mol. The van der Waals surface area contributed by atoms with Crippen molar-refractivity contribution in [2.45, 2.75) is 33.4 Å². The van der Waals surface area contributed by atoms with Crippen LogP contribution in [-0.4, -0.2) is 30.6 Å². The van der Waals surface area contributed by atoms with Gasteiger partial charge in [0.15, 0.2) is 0 Å². The van der Waals surface area contributed by atoms with E-state index in [1.165, 1.54) is 0 Å². The van der Waals surface area contributed by atoms with Gasteiger partial charge in [0.1, 0.15) is 0 Å². The zero-order valence-corrected chi connectivity index (χ0v) is 13.4. The summed E-state index contributed by atoms with van der Waals surface area (Å²) in [5.41, 5.74) is 1.36. The molecular weight excluding hydrogens is 279 g/mol. The Bertz CT molecular complexity index is 440. The van der Waals surface area contributed by atoms with Crippen molar-refractivity contribution in [2.24, 2.45) is 5.41 Å². The van der Waals surface area contributed by atoms with Crippen LogP contribution in [0.15, 0.2) is 18.2 Å². The minimum absolute atomic E-state index is 0.248. The van der Waals surface area contributed by atoms with Crippen LogP contribution in [0, 0.1) is 5.41 Å². The lowest BCUT2D eigenvalue weighted by Crippen LogP contribution is -2.56. The lowest BCUT2D eigenvalue weighted by Gasteiger charge is -2.43. The summed E-state index contributed by atoms with van der Waals surface area (Å²) in [6.07, 6.45) is 0. The molecule has 0 amide bonds. The van der Waals surface area contributed by atoms with Gasteiger partial charge < -0.3 is 5.32 Å². The fraction of sp³-hybridized carbons (Fsp3) is 0.600. The van der Waals surface area contributed by atoms with Gasteiger partial charge in [0.25, 0.3) is 0 Å². The molecule has 1 saturated heterocycles. The molecule has 0 aliphatic carbocycles. The number of hydrogen-bond acceptors (Lipinski definition) is 2. The number of piperazine rings is 1. The first kappa shape index (κ1) is 15.1. The summed E-state index contributed by atoms with van der Waals surface area (Å²) in [5.74, 6) is 0. The van der Waals surface area contributed by atoms with E-state index in [2.05, 4.69) is 31.0 Å². The average molecular weight is 301 g/mol. The monoisotopic (exact) mass is 300 g/mol. The summed E-state index contributed by atoms with van der Waals surface area (Å²) in [7, 11) is 0. The standard InChI is InChI=1S/C15H22Cl2N2/c1-15(2,3)14-9-18-6-7-19(14)10-11-8-12(16)4-5-13(11)17/h4-5,8,14,18H,6-7,9-10H2,1-3H3. The average Bonchev–Trinajstić information content (AvgIpc) is 2.33. The Labute approximate surface area is 126 Å². The van der Waals surface area contributed by atoms with Crippen LogP contribution in [0.2, 0.25) is 10.0 Å². The number of rotatable bonds is 2. The third-order valence-corrected chi connectivity index (χ3v) is 4.34. The zero-order chi connectivity index (χ0) is 14.0. The Hall–Kier alpha value is -0.280. The molecule has 1 aliphatic heterocycles. The lowest BCUT2D eigenvalue weighted by atomic mass is 9.84. The van der Waals surface area contributed by atoms with Gasteiger partial charge in [0, 0.05) is 42.3 Å².